The van der Waals surface area contributed by atoms with Crippen molar-refractivity contribution in [3.63, 3.8) is 0 Å². The number of nitrogens with zero attached hydrogens (tertiary/aromatic N) is 2. The van der Waals surface area contributed by atoms with Gasteiger partial charge >= 0.3 is 0 Å². The molecule has 2 saturated carbocycles. The molecule has 0 N–H and O–H groups in total. The molecule has 2 fully saturated rings. The first-order chi connectivity index (χ1) is 9.78. The van der Waals surface area contributed by atoms with E-state index in [1.165, 1.54) is 12.8 Å². The van der Waals surface area contributed by atoms with Crippen LogP contribution in [-0.2, 0) is 16.0 Å². The minimum atomic E-state index is -0.0564. The molecule has 2 aliphatic carbocycles. The van der Waals surface area contributed by atoms with Crippen LogP contribution in [0.25, 0.3) is 0 Å². The van der Waals surface area contributed by atoms with Gasteiger partial charge in [-0.25, -0.2) is 0 Å². The molecule has 1 aromatic heterocycles. The number of Topliss-reactive ketones (excluding diaryl/α,β-unsaturated/α-hetero) is 1. The zero-order valence-electron chi connectivity index (χ0n) is 12.0. The highest BCUT2D eigenvalue weighted by molar-refractivity contribution is 5.82. The predicted molar refractivity (Wildman–Crippen MR) is 72.1 cm³/mol. The summed E-state index contributed by atoms with van der Waals surface area (Å²) in [6.07, 6.45) is 6.91. The molecule has 2 aliphatic rings. The summed E-state index contributed by atoms with van der Waals surface area (Å²) in [6.45, 7) is 2.62. The van der Waals surface area contributed by atoms with E-state index in [0.717, 1.165) is 25.7 Å². The number of hydrogen-bond donors (Lipinski definition) is 0. The third-order valence-electron chi connectivity index (χ3n) is 4.27. The van der Waals surface area contributed by atoms with E-state index < -0.39 is 0 Å². The fraction of sp³-hybridized carbons (Fsp3) is 0.800. The molecule has 1 atom stereocenters. The number of aromatic nitrogens is 2. The Bertz CT molecular complexity index is 461. The van der Waals surface area contributed by atoms with Crippen molar-refractivity contribution in [2.75, 3.05) is 6.61 Å². The van der Waals surface area contributed by atoms with Crippen molar-refractivity contribution in [2.45, 2.75) is 58.0 Å². The van der Waals surface area contributed by atoms with Gasteiger partial charge in [0, 0.05) is 12.5 Å². The van der Waals surface area contributed by atoms with Gasteiger partial charge in [0.2, 0.25) is 11.7 Å². The number of ether oxygens (including phenoxy) is 1. The van der Waals surface area contributed by atoms with Gasteiger partial charge in [0.25, 0.3) is 0 Å². The van der Waals surface area contributed by atoms with Crippen LogP contribution < -0.4 is 0 Å². The average molecular weight is 278 g/mol. The molecule has 0 radical (unpaired) electrons. The summed E-state index contributed by atoms with van der Waals surface area (Å²) in [5.41, 5.74) is 0. The average Bonchev–Trinajstić information content (AvgIpc) is 2.94. The first kappa shape index (κ1) is 13.7. The highest BCUT2D eigenvalue weighted by Crippen LogP contribution is 2.42. The second-order valence-electron chi connectivity index (χ2n) is 5.88. The van der Waals surface area contributed by atoms with E-state index in [0.29, 0.717) is 24.2 Å². The topological polar surface area (TPSA) is 65.2 Å². The van der Waals surface area contributed by atoms with Crippen LogP contribution >= 0.6 is 0 Å². The summed E-state index contributed by atoms with van der Waals surface area (Å²) >= 11 is 0. The van der Waals surface area contributed by atoms with Crippen LogP contribution in [0.3, 0.4) is 0 Å². The first-order valence-corrected chi connectivity index (χ1v) is 7.74. The molecular formula is C15H22N2O3. The molecule has 1 unspecified atom stereocenters. The Morgan fingerprint density at radius 1 is 1.35 bits per heavy atom. The lowest BCUT2D eigenvalue weighted by atomic mass is 10.0. The SMILES string of the molecule is CCOC(c1noc(CC(=O)C2CCCC2)n1)C1CC1. The van der Waals surface area contributed by atoms with E-state index in [-0.39, 0.29) is 24.2 Å². The summed E-state index contributed by atoms with van der Waals surface area (Å²) in [5.74, 6) is 2.03. The summed E-state index contributed by atoms with van der Waals surface area (Å²) < 4.78 is 10.9. The third-order valence-corrected chi connectivity index (χ3v) is 4.27. The van der Waals surface area contributed by atoms with Gasteiger partial charge in [-0.3, -0.25) is 4.79 Å². The molecule has 0 bridgehead atoms. The summed E-state index contributed by atoms with van der Waals surface area (Å²) in [7, 11) is 0. The van der Waals surface area contributed by atoms with E-state index in [2.05, 4.69) is 10.1 Å². The molecule has 3 rings (SSSR count). The van der Waals surface area contributed by atoms with E-state index >= 15 is 0 Å². The zero-order valence-corrected chi connectivity index (χ0v) is 12.0. The minimum absolute atomic E-state index is 0.0564. The number of carbonyl (C=O) groups is 1. The van der Waals surface area contributed by atoms with Gasteiger partial charge in [-0.1, -0.05) is 18.0 Å². The number of hydrogen-bond acceptors (Lipinski definition) is 5. The van der Waals surface area contributed by atoms with Crippen molar-refractivity contribution in [1.82, 2.24) is 10.1 Å². The molecule has 1 aromatic rings. The van der Waals surface area contributed by atoms with Gasteiger partial charge in [-0.05, 0) is 38.5 Å². The lowest BCUT2D eigenvalue weighted by Crippen LogP contribution is -2.14. The highest BCUT2D eigenvalue weighted by Gasteiger charge is 2.36. The Kier molecular flexibility index (Phi) is 4.15. The van der Waals surface area contributed by atoms with Gasteiger partial charge in [0.15, 0.2) is 0 Å². The molecule has 5 nitrogen and oxygen atoms in total. The van der Waals surface area contributed by atoms with Crippen LogP contribution in [0.2, 0.25) is 0 Å². The summed E-state index contributed by atoms with van der Waals surface area (Å²) in [4.78, 5) is 16.5. The van der Waals surface area contributed by atoms with Gasteiger partial charge in [0.1, 0.15) is 11.9 Å². The van der Waals surface area contributed by atoms with Gasteiger partial charge in [-0.2, -0.15) is 4.98 Å². The summed E-state index contributed by atoms with van der Waals surface area (Å²) in [6, 6.07) is 0. The monoisotopic (exact) mass is 278 g/mol. The lowest BCUT2D eigenvalue weighted by Gasteiger charge is -2.11. The fourth-order valence-electron chi connectivity index (χ4n) is 3.00. The van der Waals surface area contributed by atoms with E-state index in [4.69, 9.17) is 9.26 Å². The molecule has 1 heterocycles. The van der Waals surface area contributed by atoms with Crippen LogP contribution in [0.5, 0.6) is 0 Å². The van der Waals surface area contributed by atoms with Crippen molar-refractivity contribution in [2.24, 2.45) is 11.8 Å². The largest absolute Gasteiger partial charge is 0.370 e. The zero-order chi connectivity index (χ0) is 13.9. The minimum Gasteiger partial charge on any atom is -0.370 e. The first-order valence-electron chi connectivity index (χ1n) is 7.74. The van der Waals surface area contributed by atoms with Gasteiger partial charge in [0.05, 0.1) is 6.42 Å². The van der Waals surface area contributed by atoms with Crippen LogP contribution in [0.4, 0.5) is 0 Å². The van der Waals surface area contributed by atoms with E-state index in [1.807, 2.05) is 6.92 Å². The normalized spacial score (nSPS) is 21.2. The number of rotatable bonds is 7. The molecular weight excluding hydrogens is 256 g/mol. The molecule has 0 aromatic carbocycles. The van der Waals surface area contributed by atoms with Crippen molar-refractivity contribution in [1.29, 1.82) is 0 Å². The van der Waals surface area contributed by atoms with Crippen molar-refractivity contribution < 1.29 is 14.1 Å². The maximum atomic E-state index is 12.1. The quantitative estimate of drug-likeness (QED) is 0.767. The van der Waals surface area contributed by atoms with Crippen LogP contribution in [0, 0.1) is 11.8 Å². The number of ketones is 1. The molecule has 5 heteroatoms. The van der Waals surface area contributed by atoms with Gasteiger partial charge < -0.3 is 9.26 Å². The molecule has 0 aliphatic heterocycles. The van der Waals surface area contributed by atoms with Crippen LogP contribution in [0.15, 0.2) is 4.52 Å². The second kappa shape index (κ2) is 6.04. The van der Waals surface area contributed by atoms with Crippen molar-refractivity contribution in [3.8, 4) is 0 Å². The summed E-state index contributed by atoms with van der Waals surface area (Å²) in [5, 5.41) is 4.01. The maximum absolute atomic E-state index is 12.1. The van der Waals surface area contributed by atoms with E-state index in [1.54, 1.807) is 0 Å². The molecule has 0 amide bonds. The predicted octanol–water partition coefficient (Wildman–Crippen LogP) is 2.86. The third kappa shape index (κ3) is 3.08. The van der Waals surface area contributed by atoms with Crippen LogP contribution in [-0.4, -0.2) is 22.5 Å². The van der Waals surface area contributed by atoms with Crippen molar-refractivity contribution in [3.05, 3.63) is 11.7 Å². The Labute approximate surface area is 119 Å². The molecule has 110 valence electrons. The Hall–Kier alpha value is -1.23. The maximum Gasteiger partial charge on any atom is 0.234 e. The second-order valence-corrected chi connectivity index (χ2v) is 5.88. The lowest BCUT2D eigenvalue weighted by molar-refractivity contribution is -0.122. The van der Waals surface area contributed by atoms with Crippen LogP contribution in [0.1, 0.15) is 63.3 Å². The standard InChI is InChI=1S/C15H22N2O3/c1-2-19-14(11-7-8-11)15-16-13(20-17-15)9-12(18)10-5-3-4-6-10/h10-11,14H,2-9H2,1H3. The van der Waals surface area contributed by atoms with E-state index in [9.17, 15) is 4.79 Å². The molecule has 0 saturated heterocycles. The fourth-order valence-corrected chi connectivity index (χ4v) is 3.00. The van der Waals surface area contributed by atoms with Gasteiger partial charge in [-0.15, -0.1) is 0 Å². The molecule has 20 heavy (non-hydrogen) atoms. The van der Waals surface area contributed by atoms with Crippen molar-refractivity contribution >= 4 is 5.78 Å². The molecule has 0 spiro atoms. The number of carbonyl (C=O) groups excluding carboxylic acids is 1. The Morgan fingerprint density at radius 3 is 2.75 bits per heavy atom. The Morgan fingerprint density at radius 2 is 2.10 bits per heavy atom. The Balaban J connectivity index is 1.62. The smallest absolute Gasteiger partial charge is 0.234 e. The highest BCUT2D eigenvalue weighted by atomic mass is 16.5.